The minimum Gasteiger partial charge on any atom is -0.339 e. The monoisotopic (exact) mass is 376 g/mol. The quantitative estimate of drug-likeness (QED) is 0.586. The van der Waals surface area contributed by atoms with Crippen LogP contribution in [0.25, 0.3) is 28.0 Å². The highest BCUT2D eigenvalue weighted by molar-refractivity contribution is 5.81. The Morgan fingerprint density at radius 3 is 2.54 bits per heavy atom. The number of aromatic amines is 1. The van der Waals surface area contributed by atoms with Gasteiger partial charge in [0.1, 0.15) is 17.3 Å². The number of benzene rings is 2. The molecular weight excluding hydrogens is 362 g/mol. The minimum atomic E-state index is -0.728. The fourth-order valence-corrected chi connectivity index (χ4v) is 3.19. The first kappa shape index (κ1) is 17.6. The Hall–Kier alpha value is -3.79. The number of hydrogen-bond donors (Lipinski definition) is 1. The van der Waals surface area contributed by atoms with Crippen molar-refractivity contribution in [3.63, 3.8) is 0 Å². The summed E-state index contributed by atoms with van der Waals surface area (Å²) in [4.78, 5) is 15.8. The molecule has 0 aliphatic rings. The van der Waals surface area contributed by atoms with Crippen molar-refractivity contribution < 1.29 is 8.78 Å². The van der Waals surface area contributed by atoms with Gasteiger partial charge in [0.2, 0.25) is 0 Å². The maximum absolute atomic E-state index is 14.5. The van der Waals surface area contributed by atoms with E-state index in [-0.39, 0.29) is 11.1 Å². The number of hydrogen-bond acceptors (Lipinski definition) is 3. The molecule has 5 nitrogen and oxygen atoms in total. The molecule has 138 valence electrons. The summed E-state index contributed by atoms with van der Waals surface area (Å²) in [6.07, 6.45) is 0.466. The molecule has 2 aromatic carbocycles. The number of aromatic nitrogens is 3. The standard InChI is InChI=1S/C21H14F2N4O/c1-2-17-20(15-8-7-14(22)9-16(15)23)21-25-18(10-19(28)27(21)26-17)13-5-3-12(11-24)4-6-13/h3-10,25H,2H2,1H3. The molecule has 0 saturated heterocycles. The maximum atomic E-state index is 14.5. The molecule has 0 aliphatic carbocycles. The van der Waals surface area contributed by atoms with Crippen molar-refractivity contribution in [3.05, 3.63) is 81.8 Å². The Kier molecular flexibility index (Phi) is 4.24. The lowest BCUT2D eigenvalue weighted by atomic mass is 10.0. The average Bonchev–Trinajstić information content (AvgIpc) is 3.07. The van der Waals surface area contributed by atoms with Crippen molar-refractivity contribution in [2.45, 2.75) is 13.3 Å². The minimum absolute atomic E-state index is 0.167. The Morgan fingerprint density at radius 2 is 1.89 bits per heavy atom. The highest BCUT2D eigenvalue weighted by Gasteiger charge is 2.20. The van der Waals surface area contributed by atoms with E-state index in [4.69, 9.17) is 5.26 Å². The van der Waals surface area contributed by atoms with E-state index in [9.17, 15) is 13.6 Å². The summed E-state index contributed by atoms with van der Waals surface area (Å²) >= 11 is 0. The zero-order valence-corrected chi connectivity index (χ0v) is 14.8. The summed E-state index contributed by atoms with van der Waals surface area (Å²) < 4.78 is 29.0. The van der Waals surface area contributed by atoms with Crippen molar-refractivity contribution in [2.24, 2.45) is 0 Å². The van der Waals surface area contributed by atoms with Crippen LogP contribution >= 0.6 is 0 Å². The number of nitrogens with one attached hydrogen (secondary N) is 1. The Balaban J connectivity index is 2.00. The summed E-state index contributed by atoms with van der Waals surface area (Å²) in [6.45, 7) is 1.85. The summed E-state index contributed by atoms with van der Waals surface area (Å²) in [7, 11) is 0. The second-order valence-electron chi connectivity index (χ2n) is 6.27. The third-order valence-corrected chi connectivity index (χ3v) is 4.55. The van der Waals surface area contributed by atoms with E-state index < -0.39 is 11.6 Å². The topological polar surface area (TPSA) is 74.0 Å². The smallest absolute Gasteiger partial charge is 0.274 e. The van der Waals surface area contributed by atoms with Gasteiger partial charge in [0, 0.05) is 17.7 Å². The number of H-pyrrole nitrogens is 1. The number of fused-ring (bicyclic) bond motifs is 1. The van der Waals surface area contributed by atoms with Crippen molar-refractivity contribution in [2.75, 3.05) is 0 Å². The van der Waals surface area contributed by atoms with Crippen LogP contribution in [0.5, 0.6) is 0 Å². The number of aryl methyl sites for hydroxylation is 1. The molecule has 0 spiro atoms. The first-order valence-electron chi connectivity index (χ1n) is 8.62. The van der Waals surface area contributed by atoms with Gasteiger partial charge in [-0.25, -0.2) is 8.78 Å². The normalized spacial score (nSPS) is 10.9. The van der Waals surface area contributed by atoms with Gasteiger partial charge in [-0.15, -0.1) is 0 Å². The van der Waals surface area contributed by atoms with E-state index in [0.29, 0.717) is 40.1 Å². The lowest BCUT2D eigenvalue weighted by Crippen LogP contribution is -2.14. The van der Waals surface area contributed by atoms with Gasteiger partial charge in [0.25, 0.3) is 5.56 Å². The van der Waals surface area contributed by atoms with Crippen molar-refractivity contribution >= 4 is 5.65 Å². The fourth-order valence-electron chi connectivity index (χ4n) is 3.19. The van der Waals surface area contributed by atoms with Crippen LogP contribution in [0, 0.1) is 23.0 Å². The third kappa shape index (κ3) is 2.85. The molecule has 4 aromatic rings. The van der Waals surface area contributed by atoms with Crippen LogP contribution in [0.4, 0.5) is 8.78 Å². The molecule has 0 saturated carbocycles. The molecule has 0 aliphatic heterocycles. The molecule has 2 heterocycles. The lowest BCUT2D eigenvalue weighted by molar-refractivity contribution is 0.585. The third-order valence-electron chi connectivity index (χ3n) is 4.55. The Bertz CT molecular complexity index is 1300. The van der Waals surface area contributed by atoms with Crippen LogP contribution in [-0.2, 0) is 6.42 Å². The fraction of sp³-hybridized carbons (Fsp3) is 0.0952. The second kappa shape index (κ2) is 6.74. The first-order valence-corrected chi connectivity index (χ1v) is 8.62. The van der Waals surface area contributed by atoms with Crippen molar-refractivity contribution in [1.29, 1.82) is 5.26 Å². The number of rotatable bonds is 3. The first-order chi connectivity index (χ1) is 13.5. The van der Waals surface area contributed by atoms with Crippen LogP contribution in [0.1, 0.15) is 18.2 Å². The van der Waals surface area contributed by atoms with Gasteiger partial charge in [-0.2, -0.15) is 14.9 Å². The average molecular weight is 376 g/mol. The zero-order chi connectivity index (χ0) is 19.8. The molecule has 1 N–H and O–H groups in total. The second-order valence-corrected chi connectivity index (χ2v) is 6.27. The van der Waals surface area contributed by atoms with Crippen LogP contribution in [-0.4, -0.2) is 14.6 Å². The van der Waals surface area contributed by atoms with Gasteiger partial charge in [0.05, 0.1) is 28.6 Å². The molecule has 0 bridgehead atoms. The van der Waals surface area contributed by atoms with E-state index in [2.05, 4.69) is 10.1 Å². The summed E-state index contributed by atoms with van der Waals surface area (Å²) in [5.74, 6) is -1.41. The predicted molar refractivity (Wildman–Crippen MR) is 101 cm³/mol. The van der Waals surface area contributed by atoms with Gasteiger partial charge < -0.3 is 4.98 Å². The number of halogens is 2. The van der Waals surface area contributed by atoms with Gasteiger partial charge in [-0.3, -0.25) is 4.79 Å². The highest BCUT2D eigenvalue weighted by atomic mass is 19.1. The molecular formula is C21H14F2N4O. The Labute approximate surface area is 158 Å². The molecule has 0 radical (unpaired) electrons. The molecule has 0 unspecified atom stereocenters. The maximum Gasteiger partial charge on any atom is 0.274 e. The number of nitrogens with zero attached hydrogens (tertiary/aromatic N) is 3. The van der Waals surface area contributed by atoms with Crippen molar-refractivity contribution in [1.82, 2.24) is 14.6 Å². The molecule has 0 fully saturated rings. The van der Waals surface area contributed by atoms with E-state index in [0.717, 1.165) is 6.07 Å². The summed E-state index contributed by atoms with van der Waals surface area (Å²) in [5, 5.41) is 13.2. The molecule has 0 amide bonds. The predicted octanol–water partition coefficient (Wildman–Crippen LogP) is 4.07. The lowest BCUT2D eigenvalue weighted by Gasteiger charge is -2.06. The van der Waals surface area contributed by atoms with E-state index in [1.165, 1.54) is 22.7 Å². The van der Waals surface area contributed by atoms with E-state index in [1.807, 2.05) is 13.0 Å². The van der Waals surface area contributed by atoms with Gasteiger partial charge in [-0.1, -0.05) is 19.1 Å². The molecule has 4 rings (SSSR count). The SMILES string of the molecule is CCc1nn2c(=O)cc(-c3ccc(C#N)cc3)[nH]c2c1-c1ccc(F)cc1F. The zero-order valence-electron chi connectivity index (χ0n) is 14.8. The van der Waals surface area contributed by atoms with Crippen LogP contribution < -0.4 is 5.56 Å². The van der Waals surface area contributed by atoms with Crippen LogP contribution in [0.3, 0.4) is 0 Å². The number of nitriles is 1. The highest BCUT2D eigenvalue weighted by Crippen LogP contribution is 2.31. The molecule has 2 aromatic heterocycles. The molecule has 7 heteroatoms. The van der Waals surface area contributed by atoms with E-state index >= 15 is 0 Å². The van der Waals surface area contributed by atoms with Gasteiger partial charge >= 0.3 is 0 Å². The molecule has 28 heavy (non-hydrogen) atoms. The van der Waals surface area contributed by atoms with Crippen molar-refractivity contribution in [3.8, 4) is 28.5 Å². The summed E-state index contributed by atoms with van der Waals surface area (Å²) in [5.41, 5.74) is 2.77. The van der Waals surface area contributed by atoms with Gasteiger partial charge in [0.15, 0.2) is 0 Å². The largest absolute Gasteiger partial charge is 0.339 e. The molecule has 0 atom stereocenters. The van der Waals surface area contributed by atoms with E-state index in [1.54, 1.807) is 24.3 Å². The van der Waals surface area contributed by atoms with Gasteiger partial charge in [-0.05, 0) is 36.2 Å². The van der Waals surface area contributed by atoms with Crippen LogP contribution in [0.2, 0.25) is 0 Å². The Morgan fingerprint density at radius 1 is 1.14 bits per heavy atom. The van der Waals surface area contributed by atoms with Crippen LogP contribution in [0.15, 0.2) is 53.3 Å². The summed E-state index contributed by atoms with van der Waals surface area (Å²) in [6, 6.07) is 13.5.